The fourth-order valence-electron chi connectivity index (χ4n) is 1.79. The Morgan fingerprint density at radius 1 is 1.22 bits per heavy atom. The van der Waals surface area contributed by atoms with Crippen LogP contribution in [0.5, 0.6) is 0 Å². The Bertz CT molecular complexity index is 516. The van der Waals surface area contributed by atoms with Gasteiger partial charge in [-0.15, -0.1) is 11.6 Å². The fourth-order valence-corrected chi connectivity index (χ4v) is 2.00. The Kier molecular flexibility index (Phi) is 4.25. The maximum atomic E-state index is 12.6. The molecule has 0 amide bonds. The van der Waals surface area contributed by atoms with Crippen LogP contribution in [0.3, 0.4) is 0 Å². The fraction of sp³-hybridized carbons (Fsp3) is 0.333. The summed E-state index contributed by atoms with van der Waals surface area (Å²) in [6.07, 6.45) is -1.05. The van der Waals surface area contributed by atoms with Crippen molar-refractivity contribution in [3.63, 3.8) is 0 Å². The van der Waals surface area contributed by atoms with E-state index < -0.39 is 6.43 Å². The predicted octanol–water partition coefficient (Wildman–Crippen LogP) is 2.94. The number of nitrogens with zero attached hydrogens (tertiary/aromatic N) is 3. The third-order valence-electron chi connectivity index (χ3n) is 2.53. The molecule has 0 fully saturated rings. The van der Waals surface area contributed by atoms with Gasteiger partial charge >= 0.3 is 0 Å². The van der Waals surface area contributed by atoms with Crippen molar-refractivity contribution in [3.8, 4) is 0 Å². The van der Waals surface area contributed by atoms with Crippen LogP contribution in [0.4, 0.5) is 14.6 Å². The normalized spacial score (nSPS) is 11.1. The summed E-state index contributed by atoms with van der Waals surface area (Å²) in [4.78, 5) is 9.69. The van der Waals surface area contributed by atoms with Crippen molar-refractivity contribution in [2.24, 2.45) is 0 Å². The van der Waals surface area contributed by atoms with E-state index >= 15 is 0 Å². The first kappa shape index (κ1) is 13.0. The average molecular weight is 272 g/mol. The molecule has 2 rings (SSSR count). The second-order valence-corrected chi connectivity index (χ2v) is 4.12. The van der Waals surface area contributed by atoms with Crippen molar-refractivity contribution in [3.05, 3.63) is 30.6 Å². The number of hydrogen-bond donors (Lipinski definition) is 0. The Balaban J connectivity index is 2.43. The summed E-state index contributed by atoms with van der Waals surface area (Å²) in [5, 5.41) is 0.755. The zero-order valence-corrected chi connectivity index (χ0v) is 10.3. The zero-order valence-electron chi connectivity index (χ0n) is 9.56. The lowest BCUT2D eigenvalue weighted by Crippen LogP contribution is -2.31. The quantitative estimate of drug-likeness (QED) is 0.783. The molecule has 1 aromatic carbocycles. The number of alkyl halides is 3. The van der Waals surface area contributed by atoms with Crippen molar-refractivity contribution in [1.29, 1.82) is 0 Å². The van der Waals surface area contributed by atoms with E-state index in [-0.39, 0.29) is 12.4 Å². The second kappa shape index (κ2) is 5.91. The molecule has 0 radical (unpaired) electrons. The first-order valence-electron chi connectivity index (χ1n) is 5.51. The van der Waals surface area contributed by atoms with Gasteiger partial charge in [0.25, 0.3) is 6.43 Å². The number of anilines is 1. The molecule has 0 aliphatic carbocycles. The lowest BCUT2D eigenvalue weighted by atomic mass is 10.2. The van der Waals surface area contributed by atoms with Crippen LogP contribution >= 0.6 is 11.6 Å². The monoisotopic (exact) mass is 271 g/mol. The van der Waals surface area contributed by atoms with E-state index in [0.29, 0.717) is 12.4 Å². The lowest BCUT2D eigenvalue weighted by molar-refractivity contribution is 0.155. The molecule has 0 aliphatic heterocycles. The van der Waals surface area contributed by atoms with Gasteiger partial charge in [-0.05, 0) is 12.1 Å². The van der Waals surface area contributed by atoms with Crippen LogP contribution in [-0.4, -0.2) is 35.4 Å². The smallest absolute Gasteiger partial charge is 0.255 e. The Morgan fingerprint density at radius 3 is 2.72 bits per heavy atom. The number of hydrogen-bond acceptors (Lipinski definition) is 3. The van der Waals surface area contributed by atoms with Crippen LogP contribution in [-0.2, 0) is 0 Å². The van der Waals surface area contributed by atoms with E-state index in [2.05, 4.69) is 9.97 Å². The second-order valence-electron chi connectivity index (χ2n) is 3.74. The molecule has 0 bridgehead atoms. The molecule has 6 heteroatoms. The number of benzene rings is 1. The van der Waals surface area contributed by atoms with Crippen LogP contribution < -0.4 is 4.90 Å². The van der Waals surface area contributed by atoms with Gasteiger partial charge < -0.3 is 4.90 Å². The average Bonchev–Trinajstić information content (AvgIpc) is 2.37. The van der Waals surface area contributed by atoms with Crippen molar-refractivity contribution in [2.45, 2.75) is 6.43 Å². The standard InChI is InChI=1S/C12H12ClF2N3/c13-5-6-18(7-11(14)15)12-9-3-1-2-4-10(9)16-8-17-12/h1-4,8,11H,5-7H2. The van der Waals surface area contributed by atoms with Gasteiger partial charge in [-0.1, -0.05) is 12.1 Å². The summed E-state index contributed by atoms with van der Waals surface area (Å²) in [6, 6.07) is 7.31. The van der Waals surface area contributed by atoms with Gasteiger partial charge in [-0.3, -0.25) is 0 Å². The number of halogens is 3. The van der Waals surface area contributed by atoms with Crippen LogP contribution in [0, 0.1) is 0 Å². The zero-order chi connectivity index (χ0) is 13.0. The van der Waals surface area contributed by atoms with Gasteiger partial charge in [0, 0.05) is 17.8 Å². The van der Waals surface area contributed by atoms with Gasteiger partial charge in [0.2, 0.25) is 0 Å². The Hall–Kier alpha value is -1.49. The van der Waals surface area contributed by atoms with E-state index in [9.17, 15) is 8.78 Å². The summed E-state index contributed by atoms with van der Waals surface area (Å²) in [6.45, 7) is -0.0549. The number of rotatable bonds is 5. The molecular weight excluding hydrogens is 260 g/mol. The van der Waals surface area contributed by atoms with Gasteiger partial charge in [0.1, 0.15) is 12.1 Å². The van der Waals surface area contributed by atoms with Crippen LogP contribution in [0.1, 0.15) is 0 Å². The van der Waals surface area contributed by atoms with E-state index in [1.807, 2.05) is 24.3 Å². The number of aromatic nitrogens is 2. The highest BCUT2D eigenvalue weighted by molar-refractivity contribution is 6.18. The molecule has 0 unspecified atom stereocenters. The molecule has 2 aromatic rings. The van der Waals surface area contributed by atoms with E-state index in [1.165, 1.54) is 11.2 Å². The third-order valence-corrected chi connectivity index (χ3v) is 2.70. The molecule has 0 atom stereocenters. The molecule has 0 saturated heterocycles. The molecule has 3 nitrogen and oxygen atoms in total. The van der Waals surface area contributed by atoms with E-state index in [1.54, 1.807) is 0 Å². The predicted molar refractivity (Wildman–Crippen MR) is 68.5 cm³/mol. The summed E-state index contributed by atoms with van der Waals surface area (Å²) >= 11 is 5.65. The maximum Gasteiger partial charge on any atom is 0.255 e. The molecule has 18 heavy (non-hydrogen) atoms. The van der Waals surface area contributed by atoms with Crippen molar-refractivity contribution in [2.75, 3.05) is 23.9 Å². The summed E-state index contributed by atoms with van der Waals surface area (Å²) in [5.41, 5.74) is 0.733. The molecule has 0 N–H and O–H groups in total. The molecule has 0 aliphatic rings. The van der Waals surface area contributed by atoms with Gasteiger partial charge in [-0.2, -0.15) is 0 Å². The highest BCUT2D eigenvalue weighted by atomic mass is 35.5. The van der Waals surface area contributed by atoms with Crippen molar-refractivity contribution >= 4 is 28.3 Å². The lowest BCUT2D eigenvalue weighted by Gasteiger charge is -2.23. The number of para-hydroxylation sites is 1. The molecule has 1 aromatic heterocycles. The topological polar surface area (TPSA) is 29.0 Å². The highest BCUT2D eigenvalue weighted by Crippen LogP contribution is 2.23. The van der Waals surface area contributed by atoms with Crippen LogP contribution in [0.15, 0.2) is 30.6 Å². The molecule has 0 saturated carbocycles. The van der Waals surface area contributed by atoms with Crippen molar-refractivity contribution in [1.82, 2.24) is 9.97 Å². The first-order chi connectivity index (χ1) is 8.72. The summed E-state index contributed by atoms with van der Waals surface area (Å²) in [5.74, 6) is 0.770. The molecule has 0 spiro atoms. The Labute approximate surface area is 108 Å². The first-order valence-corrected chi connectivity index (χ1v) is 6.04. The minimum atomic E-state index is -2.43. The summed E-state index contributed by atoms with van der Waals surface area (Å²) < 4.78 is 25.1. The van der Waals surface area contributed by atoms with Gasteiger partial charge in [0.05, 0.1) is 12.1 Å². The van der Waals surface area contributed by atoms with Crippen LogP contribution in [0.25, 0.3) is 10.9 Å². The highest BCUT2D eigenvalue weighted by Gasteiger charge is 2.16. The third kappa shape index (κ3) is 2.85. The molecular formula is C12H12ClF2N3. The summed E-state index contributed by atoms with van der Waals surface area (Å²) in [7, 11) is 0. The van der Waals surface area contributed by atoms with E-state index in [4.69, 9.17) is 11.6 Å². The Morgan fingerprint density at radius 2 is 2.00 bits per heavy atom. The minimum Gasteiger partial charge on any atom is -0.349 e. The number of fused-ring (bicyclic) bond motifs is 1. The largest absolute Gasteiger partial charge is 0.349 e. The van der Waals surface area contributed by atoms with Gasteiger partial charge in [0.15, 0.2) is 0 Å². The van der Waals surface area contributed by atoms with Gasteiger partial charge in [-0.25, -0.2) is 18.7 Å². The maximum absolute atomic E-state index is 12.6. The SMILES string of the molecule is FC(F)CN(CCCl)c1ncnc2ccccc12. The molecule has 1 heterocycles. The van der Waals surface area contributed by atoms with E-state index in [0.717, 1.165) is 10.9 Å². The van der Waals surface area contributed by atoms with Crippen LogP contribution in [0.2, 0.25) is 0 Å². The van der Waals surface area contributed by atoms with Crippen molar-refractivity contribution < 1.29 is 8.78 Å². The molecule has 96 valence electrons. The minimum absolute atomic E-state index is 0.269.